The van der Waals surface area contributed by atoms with Gasteiger partial charge in [-0.1, -0.05) is 19.1 Å². The van der Waals surface area contributed by atoms with Crippen LogP contribution >= 0.6 is 24.8 Å². The van der Waals surface area contributed by atoms with Crippen LogP contribution in [0.3, 0.4) is 0 Å². The Morgan fingerprint density at radius 3 is 2.27 bits per heavy atom. The van der Waals surface area contributed by atoms with Crippen molar-refractivity contribution >= 4 is 30.7 Å². The van der Waals surface area contributed by atoms with Crippen molar-refractivity contribution < 1.29 is 9.53 Å². The number of ether oxygens (including phenoxy) is 1. The minimum absolute atomic E-state index is 0. The number of hydrogen-bond acceptors (Lipinski definition) is 4. The second kappa shape index (κ2) is 13.3. The van der Waals surface area contributed by atoms with E-state index in [1.165, 1.54) is 5.56 Å². The number of benzene rings is 1. The van der Waals surface area contributed by atoms with Crippen molar-refractivity contribution in [3.63, 3.8) is 0 Å². The lowest BCUT2D eigenvalue weighted by Gasteiger charge is -2.35. The van der Waals surface area contributed by atoms with Gasteiger partial charge >= 0.3 is 0 Å². The fraction of sp³-hybridized carbons (Fsp3) is 0.632. The van der Waals surface area contributed by atoms with E-state index in [1.54, 1.807) is 0 Å². The van der Waals surface area contributed by atoms with Crippen molar-refractivity contribution in [3.8, 4) is 0 Å². The minimum atomic E-state index is -0.00605. The van der Waals surface area contributed by atoms with Crippen molar-refractivity contribution in [1.82, 2.24) is 15.5 Å². The monoisotopic (exact) mass is 405 g/mol. The summed E-state index contributed by atoms with van der Waals surface area (Å²) < 4.78 is 5.77. The molecular weight excluding hydrogens is 373 g/mol. The number of halogens is 2. The van der Waals surface area contributed by atoms with Crippen LogP contribution in [0.25, 0.3) is 0 Å². The first kappa shape index (κ1) is 25.1. The van der Waals surface area contributed by atoms with E-state index < -0.39 is 0 Å². The molecule has 5 nitrogen and oxygen atoms in total. The molecule has 0 bridgehead atoms. The summed E-state index contributed by atoms with van der Waals surface area (Å²) in [6.45, 7) is 11.6. The van der Waals surface area contributed by atoms with E-state index >= 15 is 0 Å². The SMILES string of the molecule is CCCNCCNC(=O)c1ccc(CN2CC(C)OC(C)C2)cc1.Cl.Cl. The largest absolute Gasteiger partial charge is 0.373 e. The molecule has 1 fully saturated rings. The van der Waals surface area contributed by atoms with E-state index in [4.69, 9.17) is 4.74 Å². The second-order valence-electron chi connectivity index (χ2n) is 6.65. The second-order valence-corrected chi connectivity index (χ2v) is 6.65. The number of hydrogen-bond donors (Lipinski definition) is 2. The predicted octanol–water partition coefficient (Wildman–Crippen LogP) is 2.87. The van der Waals surface area contributed by atoms with Gasteiger partial charge in [-0.05, 0) is 44.5 Å². The Hall–Kier alpha value is -0.850. The lowest BCUT2D eigenvalue weighted by Crippen LogP contribution is -2.44. The molecule has 0 aromatic heterocycles. The fourth-order valence-electron chi connectivity index (χ4n) is 3.10. The van der Waals surface area contributed by atoms with Crippen LogP contribution in [0.4, 0.5) is 0 Å². The highest BCUT2D eigenvalue weighted by Gasteiger charge is 2.22. The molecule has 2 unspecified atom stereocenters. The summed E-state index contributed by atoms with van der Waals surface area (Å²) >= 11 is 0. The van der Waals surface area contributed by atoms with Crippen molar-refractivity contribution in [2.24, 2.45) is 0 Å². The first-order valence-electron chi connectivity index (χ1n) is 9.04. The summed E-state index contributed by atoms with van der Waals surface area (Å²) in [6, 6.07) is 7.93. The number of carbonyl (C=O) groups is 1. The summed E-state index contributed by atoms with van der Waals surface area (Å²) in [6.07, 6.45) is 1.66. The smallest absolute Gasteiger partial charge is 0.251 e. The molecule has 0 saturated carbocycles. The van der Waals surface area contributed by atoms with Crippen LogP contribution in [0.5, 0.6) is 0 Å². The van der Waals surface area contributed by atoms with Gasteiger partial charge in [0.2, 0.25) is 0 Å². The van der Waals surface area contributed by atoms with Gasteiger partial charge in [-0.15, -0.1) is 24.8 Å². The molecule has 150 valence electrons. The van der Waals surface area contributed by atoms with E-state index in [0.29, 0.717) is 6.54 Å². The molecule has 1 saturated heterocycles. The Balaban J connectivity index is 0.00000312. The van der Waals surface area contributed by atoms with Crippen LogP contribution in [0.1, 0.15) is 43.1 Å². The van der Waals surface area contributed by atoms with Gasteiger partial charge in [-0.2, -0.15) is 0 Å². The van der Waals surface area contributed by atoms with Crippen LogP contribution in [-0.4, -0.2) is 55.7 Å². The quantitative estimate of drug-likeness (QED) is 0.652. The summed E-state index contributed by atoms with van der Waals surface area (Å²) in [5.41, 5.74) is 1.95. The van der Waals surface area contributed by atoms with Crippen molar-refractivity contribution in [1.29, 1.82) is 0 Å². The third-order valence-electron chi connectivity index (χ3n) is 4.13. The van der Waals surface area contributed by atoms with Crippen LogP contribution in [0.2, 0.25) is 0 Å². The van der Waals surface area contributed by atoms with Crippen molar-refractivity contribution in [2.75, 3.05) is 32.7 Å². The van der Waals surface area contributed by atoms with Gasteiger partial charge in [0, 0.05) is 38.3 Å². The summed E-state index contributed by atoms with van der Waals surface area (Å²) in [7, 11) is 0. The van der Waals surface area contributed by atoms with Crippen LogP contribution < -0.4 is 10.6 Å². The van der Waals surface area contributed by atoms with Gasteiger partial charge in [-0.3, -0.25) is 9.69 Å². The maximum absolute atomic E-state index is 12.1. The Morgan fingerprint density at radius 2 is 1.69 bits per heavy atom. The Kier molecular flexibility index (Phi) is 12.9. The molecule has 1 aromatic carbocycles. The summed E-state index contributed by atoms with van der Waals surface area (Å²) in [5, 5.41) is 6.22. The minimum Gasteiger partial charge on any atom is -0.373 e. The zero-order chi connectivity index (χ0) is 17.4. The average molecular weight is 406 g/mol. The zero-order valence-electron chi connectivity index (χ0n) is 16.0. The molecule has 1 amide bonds. The number of amides is 1. The van der Waals surface area contributed by atoms with Crippen LogP contribution in [-0.2, 0) is 11.3 Å². The van der Waals surface area contributed by atoms with Gasteiger partial charge in [0.05, 0.1) is 12.2 Å². The Bertz CT molecular complexity index is 504. The number of rotatable bonds is 8. The van der Waals surface area contributed by atoms with Gasteiger partial charge in [-0.25, -0.2) is 0 Å². The van der Waals surface area contributed by atoms with E-state index in [-0.39, 0.29) is 42.9 Å². The maximum Gasteiger partial charge on any atom is 0.251 e. The van der Waals surface area contributed by atoms with Gasteiger partial charge in [0.15, 0.2) is 0 Å². The molecule has 1 aromatic rings. The van der Waals surface area contributed by atoms with Crippen molar-refractivity contribution in [3.05, 3.63) is 35.4 Å². The van der Waals surface area contributed by atoms with E-state index in [9.17, 15) is 4.79 Å². The first-order chi connectivity index (χ1) is 11.6. The zero-order valence-corrected chi connectivity index (χ0v) is 17.6. The topological polar surface area (TPSA) is 53.6 Å². The van der Waals surface area contributed by atoms with Crippen LogP contribution in [0, 0.1) is 0 Å². The highest BCUT2D eigenvalue weighted by Crippen LogP contribution is 2.14. The Morgan fingerprint density at radius 1 is 1.08 bits per heavy atom. The molecule has 1 aliphatic rings. The number of nitrogens with zero attached hydrogens (tertiary/aromatic N) is 1. The molecule has 7 heteroatoms. The summed E-state index contributed by atoms with van der Waals surface area (Å²) in [4.78, 5) is 14.5. The van der Waals surface area contributed by atoms with Crippen LogP contribution in [0.15, 0.2) is 24.3 Å². The van der Waals surface area contributed by atoms with Crippen molar-refractivity contribution in [2.45, 2.75) is 45.9 Å². The van der Waals surface area contributed by atoms with E-state index in [2.05, 4.69) is 48.4 Å². The maximum atomic E-state index is 12.1. The van der Waals surface area contributed by atoms with Gasteiger partial charge in [0.25, 0.3) is 5.91 Å². The van der Waals surface area contributed by atoms with E-state index in [1.807, 2.05) is 12.1 Å². The molecule has 0 spiro atoms. The highest BCUT2D eigenvalue weighted by molar-refractivity contribution is 5.94. The third-order valence-corrected chi connectivity index (χ3v) is 4.13. The number of morpholine rings is 1. The normalized spacial score (nSPS) is 20.0. The molecule has 0 radical (unpaired) electrons. The molecular formula is C19H33Cl2N3O2. The predicted molar refractivity (Wildman–Crippen MR) is 112 cm³/mol. The summed E-state index contributed by atoms with van der Waals surface area (Å²) in [5.74, 6) is -0.00605. The number of nitrogens with one attached hydrogen (secondary N) is 2. The molecule has 2 N–H and O–H groups in total. The fourth-order valence-corrected chi connectivity index (χ4v) is 3.10. The first-order valence-corrected chi connectivity index (χ1v) is 9.04. The molecule has 1 heterocycles. The van der Waals surface area contributed by atoms with E-state index in [0.717, 1.165) is 44.7 Å². The lowest BCUT2D eigenvalue weighted by molar-refractivity contribution is -0.0704. The Labute approximate surface area is 170 Å². The average Bonchev–Trinajstić information content (AvgIpc) is 2.54. The molecule has 1 aliphatic heterocycles. The molecule has 2 rings (SSSR count). The molecule has 26 heavy (non-hydrogen) atoms. The third kappa shape index (κ3) is 8.69. The number of carbonyl (C=O) groups excluding carboxylic acids is 1. The van der Waals surface area contributed by atoms with Gasteiger partial charge < -0.3 is 15.4 Å². The molecule has 2 atom stereocenters. The standard InChI is InChI=1S/C19H31N3O2.2ClH/c1-4-9-20-10-11-21-19(23)18-7-5-17(6-8-18)14-22-12-15(2)24-16(3)13-22;;/h5-8,15-16,20H,4,9-14H2,1-3H3,(H,21,23);2*1H. The van der Waals surface area contributed by atoms with Gasteiger partial charge in [0.1, 0.15) is 0 Å². The molecule has 0 aliphatic carbocycles. The highest BCUT2D eigenvalue weighted by atomic mass is 35.5. The lowest BCUT2D eigenvalue weighted by atomic mass is 10.1.